The molecule has 2 rings (SSSR count). The van der Waals surface area contributed by atoms with Crippen molar-refractivity contribution in [2.75, 3.05) is 17.7 Å². The molecule has 1 amide bonds. The van der Waals surface area contributed by atoms with Crippen LogP contribution < -0.4 is 15.5 Å². The van der Waals surface area contributed by atoms with Crippen molar-refractivity contribution in [1.29, 1.82) is 0 Å². The zero-order valence-electron chi connectivity index (χ0n) is 13.9. The van der Waals surface area contributed by atoms with Gasteiger partial charge in [-0.15, -0.1) is 11.8 Å². The number of pyridine rings is 1. The van der Waals surface area contributed by atoms with Gasteiger partial charge in [0.1, 0.15) is 0 Å². The summed E-state index contributed by atoms with van der Waals surface area (Å²) in [6, 6.07) is 10.9. The third kappa shape index (κ3) is 6.12. The van der Waals surface area contributed by atoms with E-state index in [9.17, 15) is 9.59 Å². The Hall–Kier alpha value is -2.21. The highest BCUT2D eigenvalue weighted by atomic mass is 32.2. The molecule has 24 heavy (non-hydrogen) atoms. The Labute approximate surface area is 145 Å². The van der Waals surface area contributed by atoms with E-state index < -0.39 is 0 Å². The van der Waals surface area contributed by atoms with Gasteiger partial charge < -0.3 is 15.0 Å². The minimum absolute atomic E-state index is 0.0644. The predicted octanol–water partition coefficient (Wildman–Crippen LogP) is 3.28. The summed E-state index contributed by atoms with van der Waals surface area (Å²) < 4.78 is 5.45. The maximum absolute atomic E-state index is 12.0. The number of rotatable bonds is 8. The molecule has 0 radical (unpaired) electrons. The highest BCUT2D eigenvalue weighted by Gasteiger charge is 2.06. The van der Waals surface area contributed by atoms with E-state index in [4.69, 9.17) is 4.74 Å². The van der Waals surface area contributed by atoms with Crippen LogP contribution in [0, 0.1) is 5.92 Å². The first-order valence-electron chi connectivity index (χ1n) is 7.81. The number of aromatic nitrogens is 1. The zero-order chi connectivity index (χ0) is 17.4. The van der Waals surface area contributed by atoms with Gasteiger partial charge in [0.05, 0.1) is 12.4 Å². The fourth-order valence-electron chi connectivity index (χ4n) is 1.93. The number of hydrogen-bond acceptors (Lipinski definition) is 4. The topological polar surface area (TPSA) is 71.2 Å². The first-order chi connectivity index (χ1) is 11.5. The lowest BCUT2D eigenvalue weighted by molar-refractivity contribution is -0.113. The van der Waals surface area contributed by atoms with Gasteiger partial charge in [0.2, 0.25) is 11.3 Å². The lowest BCUT2D eigenvalue weighted by Gasteiger charge is -2.09. The van der Waals surface area contributed by atoms with E-state index >= 15 is 0 Å². The molecule has 0 atom stereocenters. The number of anilines is 1. The van der Waals surface area contributed by atoms with Crippen molar-refractivity contribution >= 4 is 23.4 Å². The molecule has 1 heterocycles. The summed E-state index contributed by atoms with van der Waals surface area (Å²) in [6.07, 6.45) is 1.59. The van der Waals surface area contributed by atoms with E-state index in [0.29, 0.717) is 29.8 Å². The Kier molecular flexibility index (Phi) is 6.93. The van der Waals surface area contributed by atoms with E-state index in [1.54, 1.807) is 6.20 Å². The molecule has 0 fully saturated rings. The fourth-order valence-corrected chi connectivity index (χ4v) is 2.67. The van der Waals surface area contributed by atoms with Crippen molar-refractivity contribution in [2.45, 2.75) is 19.6 Å². The van der Waals surface area contributed by atoms with Crippen LogP contribution in [-0.4, -0.2) is 23.3 Å². The van der Waals surface area contributed by atoms with Crippen LogP contribution in [0.1, 0.15) is 19.5 Å². The average Bonchev–Trinajstić information content (AvgIpc) is 2.55. The number of para-hydroxylation sites is 1. The fraction of sp³-hybridized carbons (Fsp3) is 0.333. The van der Waals surface area contributed by atoms with Gasteiger partial charge in [0, 0.05) is 29.4 Å². The van der Waals surface area contributed by atoms with E-state index in [-0.39, 0.29) is 11.3 Å². The number of H-pyrrole nitrogens is 1. The van der Waals surface area contributed by atoms with Crippen LogP contribution in [0.5, 0.6) is 5.75 Å². The Bertz CT molecular complexity index is 714. The monoisotopic (exact) mass is 346 g/mol. The second-order valence-corrected chi connectivity index (χ2v) is 6.78. The molecule has 0 bridgehead atoms. The maximum Gasteiger partial charge on any atom is 0.234 e. The van der Waals surface area contributed by atoms with Crippen LogP contribution in [-0.2, 0) is 10.5 Å². The molecule has 0 saturated carbocycles. The minimum Gasteiger partial charge on any atom is -0.488 e. The lowest BCUT2D eigenvalue weighted by Crippen LogP contribution is -2.15. The molecule has 1 aromatic heterocycles. The molecule has 0 aliphatic heterocycles. The van der Waals surface area contributed by atoms with Gasteiger partial charge >= 0.3 is 0 Å². The molecule has 2 aromatic rings. The van der Waals surface area contributed by atoms with Gasteiger partial charge in [0.25, 0.3) is 0 Å². The number of carbonyl (C=O) groups is 1. The van der Waals surface area contributed by atoms with Gasteiger partial charge in [0.15, 0.2) is 5.75 Å². The number of ether oxygens (including phenoxy) is 1. The van der Waals surface area contributed by atoms with Gasteiger partial charge in [-0.25, -0.2) is 0 Å². The highest BCUT2D eigenvalue weighted by Crippen LogP contribution is 2.12. The Morgan fingerprint density at radius 2 is 2.04 bits per heavy atom. The number of amides is 1. The predicted molar refractivity (Wildman–Crippen MR) is 98.6 cm³/mol. The summed E-state index contributed by atoms with van der Waals surface area (Å²) in [6.45, 7) is 4.57. The second kappa shape index (κ2) is 9.17. The quantitative estimate of drug-likeness (QED) is 0.769. The maximum atomic E-state index is 12.0. The van der Waals surface area contributed by atoms with Crippen molar-refractivity contribution in [3.63, 3.8) is 0 Å². The largest absolute Gasteiger partial charge is 0.488 e. The van der Waals surface area contributed by atoms with Crippen LogP contribution in [0.4, 0.5) is 5.69 Å². The van der Waals surface area contributed by atoms with Crippen LogP contribution in [0.25, 0.3) is 0 Å². The van der Waals surface area contributed by atoms with Gasteiger partial charge in [-0.3, -0.25) is 9.59 Å². The smallest absolute Gasteiger partial charge is 0.234 e. The molecule has 0 aliphatic carbocycles. The molecular formula is C18H22N2O3S. The van der Waals surface area contributed by atoms with Crippen molar-refractivity contribution in [3.05, 3.63) is 58.5 Å². The molecule has 2 N–H and O–H groups in total. The number of thioether (sulfide) groups is 1. The molecule has 6 heteroatoms. The van der Waals surface area contributed by atoms with E-state index in [2.05, 4.69) is 10.3 Å². The summed E-state index contributed by atoms with van der Waals surface area (Å²) in [4.78, 5) is 26.9. The number of carbonyl (C=O) groups excluding carboxylic acids is 1. The molecule has 0 aliphatic rings. The summed E-state index contributed by atoms with van der Waals surface area (Å²) >= 11 is 1.44. The first-order valence-corrected chi connectivity index (χ1v) is 8.97. The molecule has 0 unspecified atom stereocenters. The van der Waals surface area contributed by atoms with Crippen molar-refractivity contribution < 1.29 is 9.53 Å². The summed E-state index contributed by atoms with van der Waals surface area (Å²) in [5.41, 5.74) is 1.41. The van der Waals surface area contributed by atoms with Crippen LogP contribution in [0.15, 0.2) is 47.4 Å². The minimum atomic E-state index is -0.140. The first kappa shape index (κ1) is 18.1. The van der Waals surface area contributed by atoms with Crippen molar-refractivity contribution in [2.24, 2.45) is 5.92 Å². The second-order valence-electron chi connectivity index (χ2n) is 5.80. The molecule has 0 saturated heterocycles. The van der Waals surface area contributed by atoms with E-state index in [1.165, 1.54) is 17.8 Å². The van der Waals surface area contributed by atoms with Gasteiger partial charge in [-0.1, -0.05) is 32.0 Å². The van der Waals surface area contributed by atoms with E-state index in [1.807, 2.05) is 44.2 Å². The third-order valence-electron chi connectivity index (χ3n) is 3.06. The highest BCUT2D eigenvalue weighted by molar-refractivity contribution is 7.99. The third-order valence-corrected chi connectivity index (χ3v) is 4.04. The van der Waals surface area contributed by atoms with Crippen LogP contribution in [0.2, 0.25) is 0 Å². The van der Waals surface area contributed by atoms with Gasteiger partial charge in [-0.05, 0) is 18.1 Å². The Morgan fingerprint density at radius 3 is 2.71 bits per heavy atom. The normalized spacial score (nSPS) is 10.6. The SMILES string of the molecule is CC(C)COc1c[nH]c(CSCC(=O)Nc2ccccc2)cc1=O. The van der Waals surface area contributed by atoms with Crippen LogP contribution in [0.3, 0.4) is 0 Å². The van der Waals surface area contributed by atoms with E-state index in [0.717, 1.165) is 11.4 Å². The zero-order valence-corrected chi connectivity index (χ0v) is 14.7. The number of hydrogen-bond donors (Lipinski definition) is 2. The van der Waals surface area contributed by atoms with Crippen LogP contribution >= 0.6 is 11.8 Å². The molecular weight excluding hydrogens is 324 g/mol. The summed E-state index contributed by atoms with van der Waals surface area (Å²) in [7, 11) is 0. The number of aromatic amines is 1. The average molecular weight is 346 g/mol. The van der Waals surface area contributed by atoms with Crippen molar-refractivity contribution in [1.82, 2.24) is 4.98 Å². The molecule has 0 spiro atoms. The summed E-state index contributed by atoms with van der Waals surface area (Å²) in [5.74, 6) is 1.51. The van der Waals surface area contributed by atoms with Crippen molar-refractivity contribution in [3.8, 4) is 5.75 Å². The van der Waals surface area contributed by atoms with Gasteiger partial charge in [-0.2, -0.15) is 0 Å². The molecule has 5 nitrogen and oxygen atoms in total. The lowest BCUT2D eigenvalue weighted by atomic mass is 10.2. The summed E-state index contributed by atoms with van der Waals surface area (Å²) in [5, 5.41) is 2.82. The molecule has 128 valence electrons. The number of benzene rings is 1. The number of nitrogens with one attached hydrogen (secondary N) is 2. The molecule has 1 aromatic carbocycles. The Morgan fingerprint density at radius 1 is 1.29 bits per heavy atom. The Balaban J connectivity index is 1.79. The standard InChI is InChI=1S/C18H22N2O3S/c1-13(2)10-23-17-9-19-15(8-16(17)21)11-24-12-18(22)20-14-6-4-3-5-7-14/h3-9,13H,10-12H2,1-2H3,(H,19,21)(H,20,22).